The van der Waals surface area contributed by atoms with Crippen LogP contribution < -0.4 is 10.1 Å². The number of aryl methyl sites for hydroxylation is 1. The van der Waals surface area contributed by atoms with Crippen molar-refractivity contribution in [2.75, 3.05) is 26.7 Å². The van der Waals surface area contributed by atoms with Crippen LogP contribution in [0.4, 0.5) is 0 Å². The van der Waals surface area contributed by atoms with Gasteiger partial charge in [-0.05, 0) is 30.2 Å². The van der Waals surface area contributed by atoms with Crippen molar-refractivity contribution in [2.24, 2.45) is 0 Å². The summed E-state index contributed by atoms with van der Waals surface area (Å²) in [7, 11) is -1.97. The van der Waals surface area contributed by atoms with Crippen molar-refractivity contribution in [3.05, 3.63) is 59.7 Å². The highest BCUT2D eigenvalue weighted by Crippen LogP contribution is 2.34. The Balaban J connectivity index is 2.03. The van der Waals surface area contributed by atoms with Crippen LogP contribution in [0.5, 0.6) is 5.75 Å². The molecule has 6 heteroatoms. The molecule has 2 aromatic rings. The Kier molecular flexibility index (Phi) is 5.42. The topological polar surface area (TPSA) is 58.6 Å². The number of para-hydroxylation sites is 1. The van der Waals surface area contributed by atoms with Gasteiger partial charge in [0.05, 0.1) is 18.0 Å². The summed E-state index contributed by atoms with van der Waals surface area (Å²) in [6, 6.07) is 14.5. The van der Waals surface area contributed by atoms with E-state index in [1.807, 2.05) is 43.3 Å². The van der Waals surface area contributed by atoms with E-state index in [1.54, 1.807) is 23.5 Å². The summed E-state index contributed by atoms with van der Waals surface area (Å²) in [6.07, 6.45) is 0.806. The molecular weight excluding hydrogens is 336 g/mol. The highest BCUT2D eigenvalue weighted by molar-refractivity contribution is 7.89. The number of nitrogens with one attached hydrogen (secondary N) is 1. The van der Waals surface area contributed by atoms with Crippen LogP contribution in [0.1, 0.15) is 24.1 Å². The predicted octanol–water partition coefficient (Wildman–Crippen LogP) is 2.59. The van der Waals surface area contributed by atoms with Gasteiger partial charge in [0, 0.05) is 25.2 Å². The van der Waals surface area contributed by atoms with Crippen LogP contribution >= 0.6 is 0 Å². The zero-order chi connectivity index (χ0) is 17.9. The van der Waals surface area contributed by atoms with E-state index in [9.17, 15) is 8.42 Å². The van der Waals surface area contributed by atoms with Gasteiger partial charge in [0.15, 0.2) is 0 Å². The van der Waals surface area contributed by atoms with E-state index in [2.05, 4.69) is 5.32 Å². The monoisotopic (exact) mass is 360 g/mol. The molecule has 134 valence electrons. The number of methoxy groups -OCH3 is 1. The van der Waals surface area contributed by atoms with Gasteiger partial charge in [-0.15, -0.1) is 0 Å². The van der Waals surface area contributed by atoms with E-state index in [0.29, 0.717) is 30.3 Å². The third-order valence-corrected chi connectivity index (χ3v) is 6.51. The smallest absolute Gasteiger partial charge is 0.243 e. The molecule has 5 nitrogen and oxygen atoms in total. The molecule has 2 aromatic carbocycles. The van der Waals surface area contributed by atoms with Gasteiger partial charge in [0.1, 0.15) is 5.75 Å². The molecule has 25 heavy (non-hydrogen) atoms. The van der Waals surface area contributed by atoms with Crippen LogP contribution in [-0.4, -0.2) is 39.5 Å². The highest BCUT2D eigenvalue weighted by Gasteiger charge is 2.35. The average Bonchev–Trinajstić information content (AvgIpc) is 2.68. The normalized spacial score (nSPS) is 18.9. The first-order chi connectivity index (χ1) is 12.1. The van der Waals surface area contributed by atoms with Crippen molar-refractivity contribution in [1.29, 1.82) is 0 Å². The van der Waals surface area contributed by atoms with E-state index in [1.165, 1.54) is 0 Å². The Morgan fingerprint density at radius 1 is 1.20 bits per heavy atom. The molecule has 0 saturated carbocycles. The van der Waals surface area contributed by atoms with E-state index in [-0.39, 0.29) is 6.04 Å². The van der Waals surface area contributed by atoms with E-state index in [0.717, 1.165) is 17.5 Å². The minimum absolute atomic E-state index is 0.291. The molecule has 0 amide bonds. The van der Waals surface area contributed by atoms with Gasteiger partial charge in [-0.1, -0.05) is 37.3 Å². The lowest BCUT2D eigenvalue weighted by Crippen LogP contribution is -2.48. The van der Waals surface area contributed by atoms with Crippen LogP contribution in [0, 0.1) is 0 Å². The Labute approximate surface area is 149 Å². The Bertz CT molecular complexity index is 836. The second-order valence-electron chi connectivity index (χ2n) is 6.08. The molecule has 1 atom stereocenters. The number of sulfonamides is 1. The van der Waals surface area contributed by atoms with E-state index < -0.39 is 10.0 Å². The summed E-state index contributed by atoms with van der Waals surface area (Å²) >= 11 is 0. The molecule has 1 aliphatic heterocycles. The van der Waals surface area contributed by atoms with Gasteiger partial charge in [-0.3, -0.25) is 0 Å². The summed E-state index contributed by atoms with van der Waals surface area (Å²) < 4.78 is 33.6. The molecule has 3 rings (SSSR count). The number of hydrogen-bond donors (Lipinski definition) is 1. The van der Waals surface area contributed by atoms with Crippen LogP contribution in [0.3, 0.4) is 0 Å². The minimum Gasteiger partial charge on any atom is -0.496 e. The fourth-order valence-corrected chi connectivity index (χ4v) is 4.92. The van der Waals surface area contributed by atoms with Gasteiger partial charge in [0.2, 0.25) is 10.0 Å². The van der Waals surface area contributed by atoms with Gasteiger partial charge < -0.3 is 10.1 Å². The molecule has 0 spiro atoms. The average molecular weight is 360 g/mol. The van der Waals surface area contributed by atoms with Crippen molar-refractivity contribution in [3.8, 4) is 5.75 Å². The molecule has 0 aliphatic carbocycles. The van der Waals surface area contributed by atoms with Crippen molar-refractivity contribution in [3.63, 3.8) is 0 Å². The van der Waals surface area contributed by atoms with Crippen molar-refractivity contribution in [1.82, 2.24) is 9.62 Å². The molecule has 1 unspecified atom stereocenters. The SMILES string of the molecule is CCc1cccc(S(=O)(=O)N2CCNCC2c2ccccc2OC)c1. The van der Waals surface area contributed by atoms with Gasteiger partial charge in [-0.2, -0.15) is 4.31 Å². The lowest BCUT2D eigenvalue weighted by atomic mass is 10.0. The largest absolute Gasteiger partial charge is 0.496 e. The first-order valence-electron chi connectivity index (χ1n) is 8.52. The highest BCUT2D eigenvalue weighted by atomic mass is 32.2. The lowest BCUT2D eigenvalue weighted by Gasteiger charge is -2.36. The number of ether oxygens (including phenoxy) is 1. The Hall–Kier alpha value is -1.89. The minimum atomic E-state index is -3.58. The lowest BCUT2D eigenvalue weighted by molar-refractivity contribution is 0.264. The molecule has 1 N–H and O–H groups in total. The Morgan fingerprint density at radius 2 is 2.00 bits per heavy atom. The fraction of sp³-hybridized carbons (Fsp3) is 0.368. The van der Waals surface area contributed by atoms with E-state index in [4.69, 9.17) is 4.74 Å². The number of rotatable bonds is 5. The third kappa shape index (κ3) is 3.56. The van der Waals surface area contributed by atoms with Crippen molar-refractivity contribution in [2.45, 2.75) is 24.3 Å². The molecule has 1 heterocycles. The first kappa shape index (κ1) is 17.9. The molecule has 1 fully saturated rings. The second kappa shape index (κ2) is 7.56. The fourth-order valence-electron chi connectivity index (χ4n) is 3.24. The summed E-state index contributed by atoms with van der Waals surface area (Å²) in [6.45, 7) is 3.65. The maximum atomic E-state index is 13.3. The maximum Gasteiger partial charge on any atom is 0.243 e. The molecule has 1 aliphatic rings. The predicted molar refractivity (Wildman–Crippen MR) is 98.3 cm³/mol. The van der Waals surface area contributed by atoms with Crippen molar-refractivity contribution < 1.29 is 13.2 Å². The quantitative estimate of drug-likeness (QED) is 0.890. The molecule has 0 bridgehead atoms. The number of nitrogens with zero attached hydrogens (tertiary/aromatic N) is 1. The number of hydrogen-bond acceptors (Lipinski definition) is 4. The van der Waals surface area contributed by atoms with Crippen LogP contribution in [0.15, 0.2) is 53.4 Å². The van der Waals surface area contributed by atoms with Gasteiger partial charge in [-0.25, -0.2) is 8.42 Å². The number of benzene rings is 2. The molecular formula is C19H24N2O3S. The zero-order valence-electron chi connectivity index (χ0n) is 14.6. The number of piperazine rings is 1. The first-order valence-corrected chi connectivity index (χ1v) is 9.96. The van der Waals surface area contributed by atoms with Crippen LogP contribution in [-0.2, 0) is 16.4 Å². The van der Waals surface area contributed by atoms with Crippen LogP contribution in [0.2, 0.25) is 0 Å². The second-order valence-corrected chi connectivity index (χ2v) is 7.97. The Morgan fingerprint density at radius 3 is 2.76 bits per heavy atom. The molecule has 0 aromatic heterocycles. The zero-order valence-corrected chi connectivity index (χ0v) is 15.4. The summed E-state index contributed by atoms with van der Waals surface area (Å²) in [4.78, 5) is 0.355. The van der Waals surface area contributed by atoms with E-state index >= 15 is 0 Å². The standard InChI is InChI=1S/C19H24N2O3S/c1-3-15-7-6-8-16(13-15)25(22,23)21-12-11-20-14-18(21)17-9-4-5-10-19(17)24-2/h4-10,13,18,20H,3,11-12,14H2,1-2H3. The van der Waals surface area contributed by atoms with Crippen LogP contribution in [0.25, 0.3) is 0 Å². The summed E-state index contributed by atoms with van der Waals surface area (Å²) in [5, 5.41) is 3.30. The van der Waals surface area contributed by atoms with Gasteiger partial charge in [0.25, 0.3) is 0 Å². The van der Waals surface area contributed by atoms with Gasteiger partial charge >= 0.3 is 0 Å². The van der Waals surface area contributed by atoms with Crippen molar-refractivity contribution >= 4 is 10.0 Å². The maximum absolute atomic E-state index is 13.3. The third-order valence-electron chi connectivity index (χ3n) is 4.61. The molecule has 0 radical (unpaired) electrons. The molecule has 1 saturated heterocycles. The summed E-state index contributed by atoms with van der Waals surface area (Å²) in [5.41, 5.74) is 1.90. The summed E-state index contributed by atoms with van der Waals surface area (Å²) in [5.74, 6) is 0.707.